The lowest BCUT2D eigenvalue weighted by Crippen LogP contribution is -2.15. The minimum Gasteiger partial charge on any atom is -0.326 e. The van der Waals surface area contributed by atoms with Crippen molar-refractivity contribution in [3.05, 3.63) is 47.5 Å². The summed E-state index contributed by atoms with van der Waals surface area (Å²) in [7, 11) is 0. The summed E-state index contributed by atoms with van der Waals surface area (Å²) in [5, 5.41) is 4.14. The third kappa shape index (κ3) is 3.30. The van der Waals surface area contributed by atoms with Crippen LogP contribution in [0.25, 0.3) is 0 Å². The first kappa shape index (κ1) is 14.4. The molecule has 0 amide bonds. The number of Topliss-reactive ketones (excluding diaryl/α,β-unsaturated/α-hetero) is 1. The van der Waals surface area contributed by atoms with Gasteiger partial charge < -0.3 is 5.73 Å². The van der Waals surface area contributed by atoms with Crippen LogP contribution in [0.15, 0.2) is 30.6 Å². The fourth-order valence-corrected chi connectivity index (χ4v) is 2.21. The van der Waals surface area contributed by atoms with Gasteiger partial charge >= 0.3 is 0 Å². The van der Waals surface area contributed by atoms with Crippen LogP contribution >= 0.6 is 0 Å². The molecule has 0 saturated carbocycles. The molecule has 0 saturated heterocycles. The van der Waals surface area contributed by atoms with E-state index < -0.39 is 0 Å². The quantitative estimate of drug-likeness (QED) is 0.868. The van der Waals surface area contributed by atoms with E-state index in [1.54, 1.807) is 4.68 Å². The van der Waals surface area contributed by atoms with Crippen LogP contribution in [-0.2, 0) is 24.2 Å². The molecule has 2 rings (SSSR count). The Morgan fingerprint density at radius 2 is 1.95 bits per heavy atom. The lowest BCUT2D eigenvalue weighted by Gasteiger charge is -2.10. The molecule has 106 valence electrons. The summed E-state index contributed by atoms with van der Waals surface area (Å²) in [6.45, 7) is 4.49. The van der Waals surface area contributed by atoms with E-state index in [0.717, 1.165) is 17.0 Å². The van der Waals surface area contributed by atoms with Gasteiger partial charge in [-0.25, -0.2) is 9.67 Å². The minimum atomic E-state index is 0.126. The van der Waals surface area contributed by atoms with E-state index in [4.69, 9.17) is 5.73 Å². The molecule has 1 heterocycles. The zero-order chi connectivity index (χ0) is 14.5. The second-order valence-corrected chi connectivity index (χ2v) is 5.08. The van der Waals surface area contributed by atoms with Gasteiger partial charge in [0.1, 0.15) is 17.9 Å². The van der Waals surface area contributed by atoms with E-state index >= 15 is 0 Å². The van der Waals surface area contributed by atoms with Crippen LogP contribution in [-0.4, -0.2) is 20.5 Å². The molecule has 0 aliphatic heterocycles. The monoisotopic (exact) mass is 272 g/mol. The van der Waals surface area contributed by atoms with Crippen LogP contribution in [0.4, 0.5) is 0 Å². The second-order valence-electron chi connectivity index (χ2n) is 5.08. The molecule has 0 bridgehead atoms. The Hall–Kier alpha value is -2.01. The zero-order valence-corrected chi connectivity index (χ0v) is 11.9. The maximum Gasteiger partial charge on any atom is 0.144 e. The number of aromatic nitrogens is 3. The maximum atomic E-state index is 12.2. The van der Waals surface area contributed by atoms with Crippen molar-refractivity contribution in [1.82, 2.24) is 14.8 Å². The van der Waals surface area contributed by atoms with Crippen molar-refractivity contribution >= 4 is 5.78 Å². The Kier molecular flexibility index (Phi) is 4.63. The molecular formula is C15H20N4O. The molecule has 1 aromatic heterocycles. The van der Waals surface area contributed by atoms with E-state index in [2.05, 4.69) is 10.1 Å². The normalized spacial score (nSPS) is 11.0. The highest BCUT2D eigenvalue weighted by atomic mass is 16.1. The van der Waals surface area contributed by atoms with Crippen molar-refractivity contribution in [1.29, 1.82) is 0 Å². The number of carbonyl (C=O) groups is 1. The third-order valence-electron chi connectivity index (χ3n) is 3.22. The molecule has 1 aromatic carbocycles. The molecule has 20 heavy (non-hydrogen) atoms. The average molecular weight is 272 g/mol. The number of benzene rings is 1. The van der Waals surface area contributed by atoms with Crippen LogP contribution in [0.5, 0.6) is 0 Å². The van der Waals surface area contributed by atoms with E-state index in [1.807, 2.05) is 38.1 Å². The van der Waals surface area contributed by atoms with Crippen molar-refractivity contribution in [3.8, 4) is 0 Å². The molecule has 0 radical (unpaired) electrons. The first-order valence-corrected chi connectivity index (χ1v) is 6.78. The highest BCUT2D eigenvalue weighted by Gasteiger charge is 2.13. The van der Waals surface area contributed by atoms with Crippen LogP contribution in [0, 0.1) is 0 Å². The molecule has 0 fully saturated rings. The van der Waals surface area contributed by atoms with Gasteiger partial charge in [0.05, 0.1) is 6.42 Å². The summed E-state index contributed by atoms with van der Waals surface area (Å²) in [6.07, 6.45) is 2.19. The molecule has 0 aliphatic carbocycles. The van der Waals surface area contributed by atoms with Crippen LogP contribution in [0.3, 0.4) is 0 Å². The van der Waals surface area contributed by atoms with Gasteiger partial charge in [-0.2, -0.15) is 5.10 Å². The van der Waals surface area contributed by atoms with Gasteiger partial charge in [-0.1, -0.05) is 24.3 Å². The number of carbonyl (C=O) groups excluding carboxylic acids is 1. The van der Waals surface area contributed by atoms with Gasteiger partial charge in [0.15, 0.2) is 0 Å². The maximum absolute atomic E-state index is 12.2. The van der Waals surface area contributed by atoms with Crippen LogP contribution < -0.4 is 5.73 Å². The number of nitrogens with two attached hydrogens (primary N) is 1. The Morgan fingerprint density at radius 3 is 2.60 bits per heavy atom. The summed E-state index contributed by atoms with van der Waals surface area (Å²) in [4.78, 5) is 16.4. The summed E-state index contributed by atoms with van der Waals surface area (Å²) in [6, 6.07) is 7.98. The number of hydrogen-bond acceptors (Lipinski definition) is 4. The Balaban J connectivity index is 2.07. The largest absolute Gasteiger partial charge is 0.326 e. The molecule has 5 heteroatoms. The average Bonchev–Trinajstić information content (AvgIpc) is 2.87. The van der Waals surface area contributed by atoms with Crippen molar-refractivity contribution in [2.24, 2.45) is 5.73 Å². The smallest absolute Gasteiger partial charge is 0.144 e. The summed E-state index contributed by atoms with van der Waals surface area (Å²) in [5.74, 6) is 0.844. The highest BCUT2D eigenvalue weighted by molar-refractivity contribution is 5.82. The number of rotatable bonds is 6. The van der Waals surface area contributed by atoms with Gasteiger partial charge in [0.25, 0.3) is 0 Å². The van der Waals surface area contributed by atoms with Gasteiger partial charge in [0, 0.05) is 19.0 Å². The number of ketones is 1. The van der Waals surface area contributed by atoms with Gasteiger partial charge in [-0.3, -0.25) is 4.79 Å². The topological polar surface area (TPSA) is 73.8 Å². The predicted molar refractivity (Wildman–Crippen MR) is 77.2 cm³/mol. The van der Waals surface area contributed by atoms with E-state index in [9.17, 15) is 4.79 Å². The zero-order valence-electron chi connectivity index (χ0n) is 11.9. The van der Waals surface area contributed by atoms with E-state index in [1.165, 1.54) is 6.33 Å². The lowest BCUT2D eigenvalue weighted by molar-refractivity contribution is -0.118. The van der Waals surface area contributed by atoms with Gasteiger partial charge in [0.2, 0.25) is 0 Å². The van der Waals surface area contributed by atoms with Crippen molar-refractivity contribution < 1.29 is 4.79 Å². The molecule has 2 aromatic rings. The van der Waals surface area contributed by atoms with Gasteiger partial charge in [-0.05, 0) is 25.0 Å². The number of hydrogen-bond donors (Lipinski definition) is 1. The molecule has 0 atom stereocenters. The van der Waals surface area contributed by atoms with Crippen molar-refractivity contribution in [3.63, 3.8) is 0 Å². The summed E-state index contributed by atoms with van der Waals surface area (Å²) >= 11 is 0. The number of nitrogens with zero attached hydrogens (tertiary/aromatic N) is 3. The lowest BCUT2D eigenvalue weighted by atomic mass is 10.0. The second kappa shape index (κ2) is 6.43. The molecule has 5 nitrogen and oxygen atoms in total. The molecule has 2 N–H and O–H groups in total. The first-order chi connectivity index (χ1) is 9.61. The first-order valence-electron chi connectivity index (χ1n) is 6.78. The molecule has 0 aliphatic rings. The summed E-state index contributed by atoms with van der Waals surface area (Å²) in [5.41, 5.74) is 7.70. The Bertz CT molecular complexity index is 589. The van der Waals surface area contributed by atoms with Crippen molar-refractivity contribution in [2.75, 3.05) is 0 Å². The fourth-order valence-electron chi connectivity index (χ4n) is 2.21. The Morgan fingerprint density at radius 1 is 1.25 bits per heavy atom. The minimum absolute atomic E-state index is 0.126. The SMILES string of the molecule is CC(C)n1ncnc1CC(=O)Cc1ccccc1CN. The van der Waals surface area contributed by atoms with Crippen LogP contribution in [0.1, 0.15) is 36.8 Å². The molecule has 0 unspecified atom stereocenters. The van der Waals surface area contributed by atoms with Crippen LogP contribution in [0.2, 0.25) is 0 Å². The third-order valence-corrected chi connectivity index (χ3v) is 3.22. The van der Waals surface area contributed by atoms with E-state index in [0.29, 0.717) is 19.4 Å². The molecule has 0 spiro atoms. The summed E-state index contributed by atoms with van der Waals surface area (Å²) < 4.78 is 1.78. The molecular weight excluding hydrogens is 252 g/mol. The Labute approximate surface area is 118 Å². The highest BCUT2D eigenvalue weighted by Crippen LogP contribution is 2.11. The van der Waals surface area contributed by atoms with Crippen molar-refractivity contribution in [2.45, 2.75) is 39.3 Å². The fraction of sp³-hybridized carbons (Fsp3) is 0.400. The van der Waals surface area contributed by atoms with E-state index in [-0.39, 0.29) is 11.8 Å². The van der Waals surface area contributed by atoms with Gasteiger partial charge in [-0.15, -0.1) is 0 Å². The standard InChI is InChI=1S/C15H20N4O/c1-11(2)19-15(17-10-18-19)8-14(20)7-12-5-3-4-6-13(12)9-16/h3-6,10-11H,7-9,16H2,1-2H3. The predicted octanol–water partition coefficient (Wildman–Crippen LogP) is 1.67.